The highest BCUT2D eigenvalue weighted by molar-refractivity contribution is 7.08. The fraction of sp³-hybridized carbons (Fsp3) is 0.471. The average molecular weight is 332 g/mol. The fourth-order valence-corrected chi connectivity index (χ4v) is 3.12. The Balaban J connectivity index is 2.06. The van der Waals surface area contributed by atoms with Crippen molar-refractivity contribution >= 4 is 17.4 Å². The van der Waals surface area contributed by atoms with E-state index in [2.05, 4.69) is 51.0 Å². The van der Waals surface area contributed by atoms with E-state index in [-0.39, 0.29) is 11.9 Å². The van der Waals surface area contributed by atoms with E-state index in [1.165, 1.54) is 11.1 Å². The summed E-state index contributed by atoms with van der Waals surface area (Å²) in [6.45, 7) is 4.68. The van der Waals surface area contributed by atoms with Crippen LogP contribution in [-0.4, -0.2) is 41.0 Å². The molecule has 1 aromatic heterocycles. The summed E-state index contributed by atoms with van der Waals surface area (Å²) in [5.41, 5.74) is 3.28. The van der Waals surface area contributed by atoms with Gasteiger partial charge in [0.05, 0.1) is 11.7 Å². The van der Waals surface area contributed by atoms with Crippen LogP contribution in [0.4, 0.5) is 0 Å². The highest BCUT2D eigenvalue weighted by Gasteiger charge is 2.19. The van der Waals surface area contributed by atoms with Crippen molar-refractivity contribution in [3.05, 3.63) is 46.0 Å². The van der Waals surface area contributed by atoms with Crippen LogP contribution in [0.3, 0.4) is 0 Å². The Hall–Kier alpha value is -1.79. The van der Waals surface area contributed by atoms with Gasteiger partial charge in [-0.05, 0) is 49.6 Å². The summed E-state index contributed by atoms with van der Waals surface area (Å²) in [4.78, 5) is 15.1. The molecule has 0 aliphatic carbocycles. The summed E-state index contributed by atoms with van der Waals surface area (Å²) in [7, 11) is 4.05. The Labute approximate surface area is 141 Å². The third-order valence-electron chi connectivity index (χ3n) is 3.95. The Morgan fingerprint density at radius 2 is 1.91 bits per heavy atom. The second-order valence-corrected chi connectivity index (χ2v) is 6.44. The van der Waals surface area contributed by atoms with Crippen LogP contribution in [0.2, 0.25) is 0 Å². The Morgan fingerprint density at radius 3 is 2.48 bits per heavy atom. The molecule has 5 nitrogen and oxygen atoms in total. The summed E-state index contributed by atoms with van der Waals surface area (Å²) < 4.78 is 3.87. The smallest absolute Gasteiger partial charge is 0.265 e. The maximum absolute atomic E-state index is 12.3. The van der Waals surface area contributed by atoms with E-state index >= 15 is 0 Å². The number of likely N-dealkylation sites (N-methyl/N-ethyl adjacent to an activating group) is 1. The molecule has 1 amide bonds. The van der Waals surface area contributed by atoms with Crippen molar-refractivity contribution in [2.45, 2.75) is 32.7 Å². The quantitative estimate of drug-likeness (QED) is 0.847. The number of carbonyl (C=O) groups is 1. The van der Waals surface area contributed by atoms with E-state index < -0.39 is 0 Å². The zero-order valence-corrected chi connectivity index (χ0v) is 15.0. The molecule has 2 rings (SSSR count). The number of nitrogens with zero attached hydrogens (tertiary/aromatic N) is 3. The third-order valence-corrected chi connectivity index (χ3v) is 4.72. The fourth-order valence-electron chi connectivity index (χ4n) is 2.46. The van der Waals surface area contributed by atoms with Gasteiger partial charge in [-0.1, -0.05) is 42.6 Å². The Bertz CT molecular complexity index is 636. The summed E-state index contributed by atoms with van der Waals surface area (Å²) >= 11 is 1.16. The van der Waals surface area contributed by atoms with Gasteiger partial charge < -0.3 is 10.2 Å². The lowest BCUT2D eigenvalue weighted by atomic mass is 10.0. The minimum Gasteiger partial charge on any atom is -0.349 e. The second kappa shape index (κ2) is 8.17. The SMILES string of the molecule is CCc1ccc([C@H](CNC(=O)c2snnc2CC)N(C)C)cc1. The molecule has 2 aromatic rings. The van der Waals surface area contributed by atoms with E-state index in [0.29, 0.717) is 11.4 Å². The van der Waals surface area contributed by atoms with Crippen molar-refractivity contribution in [1.29, 1.82) is 0 Å². The first kappa shape index (κ1) is 17.6. The average Bonchev–Trinajstić information content (AvgIpc) is 3.04. The van der Waals surface area contributed by atoms with Crippen LogP contribution < -0.4 is 5.32 Å². The van der Waals surface area contributed by atoms with Crippen LogP contribution in [0.25, 0.3) is 0 Å². The van der Waals surface area contributed by atoms with Crippen molar-refractivity contribution in [2.75, 3.05) is 20.6 Å². The number of hydrogen-bond acceptors (Lipinski definition) is 5. The molecule has 6 heteroatoms. The molecule has 0 saturated carbocycles. The van der Waals surface area contributed by atoms with Gasteiger partial charge in [0.15, 0.2) is 0 Å². The number of hydrogen-bond donors (Lipinski definition) is 1. The number of aryl methyl sites for hydroxylation is 2. The Kier molecular flexibility index (Phi) is 6.24. The molecular weight excluding hydrogens is 308 g/mol. The molecule has 0 unspecified atom stereocenters. The van der Waals surface area contributed by atoms with Crippen LogP contribution in [0.15, 0.2) is 24.3 Å². The number of rotatable bonds is 7. The van der Waals surface area contributed by atoms with Crippen LogP contribution in [-0.2, 0) is 12.8 Å². The van der Waals surface area contributed by atoms with Gasteiger partial charge in [0.1, 0.15) is 4.88 Å². The molecule has 0 spiro atoms. The van der Waals surface area contributed by atoms with Gasteiger partial charge in [0.2, 0.25) is 0 Å². The van der Waals surface area contributed by atoms with E-state index in [9.17, 15) is 4.79 Å². The molecule has 0 saturated heterocycles. The lowest BCUT2D eigenvalue weighted by molar-refractivity contribution is 0.0945. The monoisotopic (exact) mass is 332 g/mol. The van der Waals surface area contributed by atoms with Gasteiger partial charge in [-0.25, -0.2) is 0 Å². The zero-order chi connectivity index (χ0) is 16.8. The first-order valence-electron chi connectivity index (χ1n) is 7.91. The van der Waals surface area contributed by atoms with Crippen LogP contribution in [0, 0.1) is 0 Å². The van der Waals surface area contributed by atoms with Gasteiger partial charge in [-0.2, -0.15) is 0 Å². The number of carbonyl (C=O) groups excluding carboxylic acids is 1. The number of benzene rings is 1. The van der Waals surface area contributed by atoms with Crippen molar-refractivity contribution in [2.24, 2.45) is 0 Å². The molecule has 0 aliphatic heterocycles. The van der Waals surface area contributed by atoms with Crippen molar-refractivity contribution < 1.29 is 4.79 Å². The van der Waals surface area contributed by atoms with E-state index in [1.54, 1.807) is 0 Å². The molecule has 1 N–H and O–H groups in total. The highest BCUT2D eigenvalue weighted by Crippen LogP contribution is 2.19. The molecule has 0 aliphatic rings. The molecule has 1 aromatic carbocycles. The van der Waals surface area contributed by atoms with E-state index in [4.69, 9.17) is 0 Å². The molecule has 23 heavy (non-hydrogen) atoms. The maximum atomic E-state index is 12.3. The number of aromatic nitrogens is 2. The zero-order valence-electron chi connectivity index (χ0n) is 14.2. The van der Waals surface area contributed by atoms with Gasteiger partial charge in [-0.15, -0.1) is 5.10 Å². The maximum Gasteiger partial charge on any atom is 0.265 e. The van der Waals surface area contributed by atoms with Crippen LogP contribution in [0.1, 0.15) is 46.4 Å². The normalized spacial score (nSPS) is 12.4. The second-order valence-electron chi connectivity index (χ2n) is 5.69. The standard InChI is InChI=1S/C17H24N4OS/c1-5-12-7-9-13(10-8-12)15(21(3)4)11-18-17(22)16-14(6-2)19-20-23-16/h7-10,15H,5-6,11H2,1-4H3,(H,18,22)/t15-/m0/s1. The topological polar surface area (TPSA) is 58.1 Å². The first-order chi connectivity index (χ1) is 11.1. The Morgan fingerprint density at radius 1 is 1.22 bits per heavy atom. The minimum atomic E-state index is -0.0890. The molecule has 0 bridgehead atoms. The molecule has 0 radical (unpaired) electrons. The van der Waals surface area contributed by atoms with Gasteiger partial charge in [-0.3, -0.25) is 4.79 Å². The number of amides is 1. The predicted molar refractivity (Wildman–Crippen MR) is 93.9 cm³/mol. The summed E-state index contributed by atoms with van der Waals surface area (Å²) in [6, 6.07) is 8.71. The van der Waals surface area contributed by atoms with Gasteiger partial charge in [0.25, 0.3) is 5.91 Å². The lowest BCUT2D eigenvalue weighted by Gasteiger charge is -2.25. The summed E-state index contributed by atoms with van der Waals surface area (Å²) in [5, 5.41) is 7.01. The van der Waals surface area contributed by atoms with Gasteiger partial charge >= 0.3 is 0 Å². The summed E-state index contributed by atoms with van der Waals surface area (Å²) in [6.07, 6.45) is 1.75. The lowest BCUT2D eigenvalue weighted by Crippen LogP contribution is -2.34. The van der Waals surface area contributed by atoms with E-state index in [0.717, 1.165) is 30.1 Å². The van der Waals surface area contributed by atoms with Crippen molar-refractivity contribution in [3.63, 3.8) is 0 Å². The van der Waals surface area contributed by atoms with Crippen molar-refractivity contribution in [3.8, 4) is 0 Å². The minimum absolute atomic E-state index is 0.0890. The molecular formula is C17H24N4OS. The molecule has 1 atom stereocenters. The molecule has 124 valence electrons. The van der Waals surface area contributed by atoms with E-state index in [1.807, 2.05) is 21.0 Å². The van der Waals surface area contributed by atoms with Gasteiger partial charge in [0, 0.05) is 6.54 Å². The third kappa shape index (κ3) is 4.36. The summed E-state index contributed by atoms with van der Waals surface area (Å²) in [5.74, 6) is -0.0890. The number of nitrogens with one attached hydrogen (secondary N) is 1. The highest BCUT2D eigenvalue weighted by atomic mass is 32.1. The molecule has 0 fully saturated rings. The largest absolute Gasteiger partial charge is 0.349 e. The first-order valence-corrected chi connectivity index (χ1v) is 8.68. The van der Waals surface area contributed by atoms with Crippen LogP contribution in [0.5, 0.6) is 0 Å². The van der Waals surface area contributed by atoms with Crippen LogP contribution >= 0.6 is 11.5 Å². The molecule has 1 heterocycles. The van der Waals surface area contributed by atoms with Crippen molar-refractivity contribution in [1.82, 2.24) is 19.8 Å². The predicted octanol–water partition coefficient (Wildman–Crippen LogP) is 2.70.